The Balaban J connectivity index is 1.89. The maximum absolute atomic E-state index is 13.4. The number of Topliss-reactive ketones (excluding diaryl/α,β-unsaturated/α-hetero) is 2. The lowest BCUT2D eigenvalue weighted by atomic mass is 9.88. The van der Waals surface area contributed by atoms with E-state index in [0.29, 0.717) is 11.4 Å². The number of nitro groups is 1. The van der Waals surface area contributed by atoms with Gasteiger partial charge in [0.2, 0.25) is 11.6 Å². The first-order valence-corrected chi connectivity index (χ1v) is 9.63. The molecule has 0 spiro atoms. The zero-order valence-electron chi connectivity index (χ0n) is 16.9. The Morgan fingerprint density at radius 2 is 1.26 bits per heavy atom. The zero-order valence-corrected chi connectivity index (χ0v) is 16.9. The van der Waals surface area contributed by atoms with Crippen molar-refractivity contribution >= 4 is 28.6 Å². The molecule has 3 aromatic rings. The number of nitrogens with zero attached hydrogens (tertiary/aromatic N) is 1. The molecule has 0 amide bonds. The van der Waals surface area contributed by atoms with E-state index in [1.54, 1.807) is 12.1 Å². The Hall–Kier alpha value is -4.26. The normalized spacial score (nSPS) is 13.1. The molecule has 0 heterocycles. The summed E-state index contributed by atoms with van der Waals surface area (Å²) in [5.74, 6) is -1.10. The summed E-state index contributed by atoms with van der Waals surface area (Å²) < 4.78 is 0. The summed E-state index contributed by atoms with van der Waals surface area (Å²) in [6.45, 7) is 3.82. The van der Waals surface area contributed by atoms with Crippen LogP contribution in [0.5, 0.6) is 0 Å². The molecule has 1 aliphatic rings. The number of rotatable bonds is 5. The summed E-state index contributed by atoms with van der Waals surface area (Å²) in [6.07, 6.45) is 0. The van der Waals surface area contributed by atoms with Crippen molar-refractivity contribution in [3.05, 3.63) is 110 Å². The molecule has 0 bridgehead atoms. The number of aryl methyl sites for hydroxylation is 2. The van der Waals surface area contributed by atoms with Crippen molar-refractivity contribution in [3.8, 4) is 0 Å². The number of hydrogen-bond donors (Lipinski definition) is 2. The highest BCUT2D eigenvalue weighted by Gasteiger charge is 2.37. The molecule has 0 radical (unpaired) electrons. The first-order valence-electron chi connectivity index (χ1n) is 9.63. The van der Waals surface area contributed by atoms with Gasteiger partial charge in [0.1, 0.15) is 17.0 Å². The molecule has 154 valence electrons. The number of anilines is 2. The highest BCUT2D eigenvalue weighted by atomic mass is 16.6. The third kappa shape index (κ3) is 3.81. The van der Waals surface area contributed by atoms with Crippen LogP contribution in [-0.4, -0.2) is 16.5 Å². The van der Waals surface area contributed by atoms with Gasteiger partial charge in [0.05, 0.1) is 4.92 Å². The minimum Gasteiger partial charge on any atom is -0.350 e. The van der Waals surface area contributed by atoms with Crippen molar-refractivity contribution in [3.63, 3.8) is 0 Å². The lowest BCUT2D eigenvalue weighted by Crippen LogP contribution is -2.30. The molecule has 7 nitrogen and oxygen atoms in total. The van der Waals surface area contributed by atoms with Crippen LogP contribution in [0.3, 0.4) is 0 Å². The van der Waals surface area contributed by atoms with Gasteiger partial charge in [-0.15, -0.1) is 0 Å². The summed E-state index contributed by atoms with van der Waals surface area (Å²) in [4.78, 5) is 37.7. The lowest BCUT2D eigenvalue weighted by molar-refractivity contribution is -0.385. The van der Waals surface area contributed by atoms with E-state index in [4.69, 9.17) is 0 Å². The molecule has 0 atom stereocenters. The van der Waals surface area contributed by atoms with Crippen LogP contribution in [0.15, 0.2) is 78.1 Å². The van der Waals surface area contributed by atoms with Gasteiger partial charge in [-0.1, -0.05) is 30.3 Å². The highest BCUT2D eigenvalue weighted by Crippen LogP contribution is 2.33. The van der Waals surface area contributed by atoms with Crippen molar-refractivity contribution in [2.45, 2.75) is 13.8 Å². The van der Waals surface area contributed by atoms with Crippen LogP contribution in [-0.2, 0) is 0 Å². The van der Waals surface area contributed by atoms with E-state index in [-0.39, 0.29) is 22.5 Å². The van der Waals surface area contributed by atoms with Crippen LogP contribution in [0.2, 0.25) is 0 Å². The van der Waals surface area contributed by atoms with Gasteiger partial charge in [-0.05, 0) is 55.3 Å². The number of allylic oxidation sites excluding steroid dienone is 2. The molecule has 1 aliphatic carbocycles. The Bertz CT molecular complexity index is 1280. The predicted molar refractivity (Wildman–Crippen MR) is 118 cm³/mol. The number of ketones is 2. The number of fused-ring (bicyclic) bond motifs is 1. The van der Waals surface area contributed by atoms with E-state index < -0.39 is 22.2 Å². The first kappa shape index (κ1) is 20.0. The molecular weight excluding hydrogens is 394 g/mol. The molecule has 0 fully saturated rings. The van der Waals surface area contributed by atoms with E-state index in [2.05, 4.69) is 10.6 Å². The van der Waals surface area contributed by atoms with Crippen LogP contribution in [0, 0.1) is 24.0 Å². The second-order valence-electron chi connectivity index (χ2n) is 7.35. The van der Waals surface area contributed by atoms with Gasteiger partial charge in [-0.2, -0.15) is 0 Å². The lowest BCUT2D eigenvalue weighted by Gasteiger charge is -2.23. The number of nitrogens with one attached hydrogen (secondary N) is 2. The summed E-state index contributed by atoms with van der Waals surface area (Å²) in [7, 11) is 0. The first-order chi connectivity index (χ1) is 14.8. The number of benzene rings is 3. The number of hydrogen-bond acceptors (Lipinski definition) is 6. The van der Waals surface area contributed by atoms with Gasteiger partial charge in [0.25, 0.3) is 5.69 Å². The molecule has 0 saturated heterocycles. The van der Waals surface area contributed by atoms with Crippen molar-refractivity contribution in [2.75, 3.05) is 10.6 Å². The monoisotopic (exact) mass is 413 g/mol. The minimum absolute atomic E-state index is 0.00384. The Morgan fingerprint density at radius 3 is 1.77 bits per heavy atom. The maximum Gasteiger partial charge on any atom is 0.281 e. The summed E-state index contributed by atoms with van der Waals surface area (Å²) in [6, 6.07) is 18.8. The number of carbonyl (C=O) groups excluding carboxylic acids is 2. The molecule has 0 aromatic heterocycles. The second-order valence-corrected chi connectivity index (χ2v) is 7.35. The third-order valence-electron chi connectivity index (χ3n) is 4.99. The summed E-state index contributed by atoms with van der Waals surface area (Å²) in [5.41, 5.74) is 2.59. The van der Waals surface area contributed by atoms with Crippen molar-refractivity contribution < 1.29 is 14.5 Å². The molecule has 4 rings (SSSR count). The van der Waals surface area contributed by atoms with Crippen LogP contribution >= 0.6 is 0 Å². The molecular formula is C24H19N3O4. The van der Waals surface area contributed by atoms with Crippen molar-refractivity contribution in [1.82, 2.24) is 0 Å². The largest absolute Gasteiger partial charge is 0.350 e. The average molecular weight is 413 g/mol. The molecule has 3 aromatic carbocycles. The van der Waals surface area contributed by atoms with E-state index in [0.717, 1.165) is 11.1 Å². The van der Waals surface area contributed by atoms with Gasteiger partial charge in [-0.25, -0.2) is 0 Å². The van der Waals surface area contributed by atoms with Crippen LogP contribution in [0.4, 0.5) is 17.1 Å². The van der Waals surface area contributed by atoms with Gasteiger partial charge < -0.3 is 10.6 Å². The zero-order chi connectivity index (χ0) is 22.1. The topological polar surface area (TPSA) is 101 Å². The fraction of sp³-hybridized carbons (Fsp3) is 0.0833. The molecule has 0 unspecified atom stereocenters. The Labute approximate surface area is 178 Å². The average Bonchev–Trinajstić information content (AvgIpc) is 2.74. The molecule has 2 N–H and O–H groups in total. The smallest absolute Gasteiger partial charge is 0.281 e. The fourth-order valence-corrected chi connectivity index (χ4v) is 3.58. The fourth-order valence-electron chi connectivity index (χ4n) is 3.58. The van der Waals surface area contributed by atoms with E-state index in [1.807, 2.05) is 50.2 Å². The van der Waals surface area contributed by atoms with E-state index in [1.165, 1.54) is 18.2 Å². The van der Waals surface area contributed by atoms with Gasteiger partial charge in [0.15, 0.2) is 0 Å². The van der Waals surface area contributed by atoms with Crippen LogP contribution < -0.4 is 10.6 Å². The molecule has 0 saturated carbocycles. The Kier molecular flexibility index (Phi) is 5.09. The number of nitro benzene ring substituents is 1. The minimum atomic E-state index is -0.646. The summed E-state index contributed by atoms with van der Waals surface area (Å²) in [5, 5.41) is 17.6. The van der Waals surface area contributed by atoms with Crippen LogP contribution in [0.1, 0.15) is 31.8 Å². The predicted octanol–water partition coefficient (Wildman–Crippen LogP) is 5.03. The molecule has 0 aliphatic heterocycles. The van der Waals surface area contributed by atoms with Crippen molar-refractivity contribution in [2.24, 2.45) is 0 Å². The van der Waals surface area contributed by atoms with E-state index >= 15 is 0 Å². The van der Waals surface area contributed by atoms with E-state index in [9.17, 15) is 19.7 Å². The van der Waals surface area contributed by atoms with Gasteiger partial charge in [-0.3, -0.25) is 19.7 Å². The van der Waals surface area contributed by atoms with Gasteiger partial charge >= 0.3 is 0 Å². The summed E-state index contributed by atoms with van der Waals surface area (Å²) >= 11 is 0. The number of carbonyl (C=O) groups is 2. The Morgan fingerprint density at radius 1 is 0.742 bits per heavy atom. The third-order valence-corrected chi connectivity index (χ3v) is 4.99. The standard InChI is InChI=1S/C24H19N3O4/c1-14-6-3-8-16(12-14)25-21-22(26-17-9-4-7-15(2)13-17)24(29)20-18(23(21)28)10-5-11-19(20)27(30)31/h3-13,25-26H,1-2H3. The second kappa shape index (κ2) is 7.87. The SMILES string of the molecule is Cc1cccc(NC2=C(Nc3cccc(C)c3)C(=O)c3c(cccc3[N+](=O)[O-])C2=O)c1. The molecule has 7 heteroatoms. The maximum atomic E-state index is 13.4. The van der Waals surface area contributed by atoms with Crippen LogP contribution in [0.25, 0.3) is 0 Å². The highest BCUT2D eigenvalue weighted by molar-refractivity contribution is 6.30. The van der Waals surface area contributed by atoms with Gasteiger partial charge in [0, 0.05) is 23.0 Å². The quantitative estimate of drug-likeness (QED) is 0.450. The van der Waals surface area contributed by atoms with Crippen molar-refractivity contribution in [1.29, 1.82) is 0 Å². The molecule has 31 heavy (non-hydrogen) atoms.